The van der Waals surface area contributed by atoms with E-state index < -0.39 is 0 Å². The number of hydrogen-bond donors (Lipinski definition) is 1. The van der Waals surface area contributed by atoms with Crippen LogP contribution in [-0.2, 0) is 0 Å². The van der Waals surface area contributed by atoms with Gasteiger partial charge in [-0.05, 0) is 29.6 Å². The number of anilines is 1. The van der Waals surface area contributed by atoms with Crippen LogP contribution in [0, 0.1) is 11.3 Å². The van der Waals surface area contributed by atoms with Crippen LogP contribution in [0.2, 0.25) is 0 Å². The predicted molar refractivity (Wildman–Crippen MR) is 79.8 cm³/mol. The molecule has 0 spiro atoms. The highest BCUT2D eigenvalue weighted by molar-refractivity contribution is 7.14. The van der Waals surface area contributed by atoms with E-state index in [1.807, 2.05) is 11.4 Å². The molecular formula is C15H9N3O2S. The Kier molecular flexibility index (Phi) is 3.26. The summed E-state index contributed by atoms with van der Waals surface area (Å²) in [5.41, 5.74) is 7.78. The first-order valence-electron chi connectivity index (χ1n) is 6.02. The Morgan fingerprint density at radius 2 is 2.29 bits per heavy atom. The Morgan fingerprint density at radius 3 is 2.95 bits per heavy atom. The highest BCUT2D eigenvalue weighted by Gasteiger charge is 2.18. The Bertz CT molecular complexity index is 844. The Hall–Kier alpha value is -2.91. The molecule has 0 fully saturated rings. The SMILES string of the molecule is N#Cc1cc(-c2sccc2C=O)c(-c2ccco2)nc1N. The normalized spacial score (nSPS) is 10.2. The van der Waals surface area contributed by atoms with Gasteiger partial charge in [0.1, 0.15) is 17.6 Å². The molecule has 0 aliphatic carbocycles. The number of aldehydes is 1. The maximum absolute atomic E-state index is 11.2. The van der Waals surface area contributed by atoms with Gasteiger partial charge in [-0.25, -0.2) is 4.98 Å². The molecule has 0 unspecified atom stereocenters. The number of hydrogen-bond acceptors (Lipinski definition) is 6. The maximum Gasteiger partial charge on any atom is 0.152 e. The minimum absolute atomic E-state index is 0.136. The average Bonchev–Trinajstić information content (AvgIpc) is 3.18. The predicted octanol–water partition coefficient (Wildman–Crippen LogP) is 3.34. The average molecular weight is 295 g/mol. The van der Waals surface area contributed by atoms with Gasteiger partial charge in [-0.15, -0.1) is 11.3 Å². The summed E-state index contributed by atoms with van der Waals surface area (Å²) >= 11 is 1.40. The Morgan fingerprint density at radius 1 is 1.43 bits per heavy atom. The molecular weight excluding hydrogens is 286 g/mol. The van der Waals surface area contributed by atoms with Crippen LogP contribution in [0.3, 0.4) is 0 Å². The fraction of sp³-hybridized carbons (Fsp3) is 0. The second-order valence-electron chi connectivity index (χ2n) is 4.23. The van der Waals surface area contributed by atoms with Crippen LogP contribution in [0.25, 0.3) is 21.9 Å². The molecule has 0 aliphatic heterocycles. The van der Waals surface area contributed by atoms with Crippen molar-refractivity contribution in [1.29, 1.82) is 5.26 Å². The van der Waals surface area contributed by atoms with Crippen molar-refractivity contribution in [2.45, 2.75) is 0 Å². The monoisotopic (exact) mass is 295 g/mol. The molecule has 0 radical (unpaired) electrons. The summed E-state index contributed by atoms with van der Waals surface area (Å²) in [6, 6.07) is 8.86. The molecule has 3 aromatic heterocycles. The van der Waals surface area contributed by atoms with Crippen molar-refractivity contribution in [2.24, 2.45) is 0 Å². The molecule has 0 atom stereocenters. The van der Waals surface area contributed by atoms with Crippen molar-refractivity contribution in [3.63, 3.8) is 0 Å². The number of nitrogens with zero attached hydrogens (tertiary/aromatic N) is 2. The van der Waals surface area contributed by atoms with E-state index in [0.29, 0.717) is 22.6 Å². The van der Waals surface area contributed by atoms with Crippen LogP contribution < -0.4 is 5.73 Å². The van der Waals surface area contributed by atoms with Gasteiger partial charge in [0.05, 0.1) is 11.8 Å². The molecule has 2 N–H and O–H groups in total. The Balaban J connectivity index is 2.32. The smallest absolute Gasteiger partial charge is 0.152 e. The first-order chi connectivity index (χ1) is 10.2. The van der Waals surface area contributed by atoms with Gasteiger partial charge in [-0.2, -0.15) is 5.26 Å². The molecule has 0 aromatic carbocycles. The van der Waals surface area contributed by atoms with E-state index in [1.54, 1.807) is 24.3 Å². The van der Waals surface area contributed by atoms with Crippen molar-refractivity contribution in [3.8, 4) is 28.0 Å². The van der Waals surface area contributed by atoms with Crippen LogP contribution in [0.1, 0.15) is 15.9 Å². The third-order valence-corrected chi connectivity index (χ3v) is 3.96. The third-order valence-electron chi connectivity index (χ3n) is 2.99. The van der Waals surface area contributed by atoms with Gasteiger partial charge < -0.3 is 10.2 Å². The largest absolute Gasteiger partial charge is 0.463 e. The van der Waals surface area contributed by atoms with E-state index in [1.165, 1.54) is 17.6 Å². The zero-order valence-electron chi connectivity index (χ0n) is 10.7. The fourth-order valence-corrected chi connectivity index (χ4v) is 2.91. The van der Waals surface area contributed by atoms with E-state index in [4.69, 9.17) is 15.4 Å². The van der Waals surface area contributed by atoms with Crippen molar-refractivity contribution in [1.82, 2.24) is 4.98 Å². The molecule has 3 rings (SSSR count). The highest BCUT2D eigenvalue weighted by Crippen LogP contribution is 2.37. The summed E-state index contributed by atoms with van der Waals surface area (Å²) in [5.74, 6) is 0.670. The summed E-state index contributed by atoms with van der Waals surface area (Å²) in [7, 11) is 0. The summed E-state index contributed by atoms with van der Waals surface area (Å²) in [4.78, 5) is 16.2. The lowest BCUT2D eigenvalue weighted by Gasteiger charge is -2.08. The van der Waals surface area contributed by atoms with Crippen molar-refractivity contribution in [2.75, 3.05) is 5.73 Å². The van der Waals surface area contributed by atoms with E-state index in [-0.39, 0.29) is 11.4 Å². The summed E-state index contributed by atoms with van der Waals surface area (Å²) in [6.45, 7) is 0. The minimum atomic E-state index is 0.136. The number of aromatic nitrogens is 1. The molecule has 3 aromatic rings. The number of rotatable bonds is 3. The number of nitrogens with two attached hydrogens (primary N) is 1. The lowest BCUT2D eigenvalue weighted by Crippen LogP contribution is -1.99. The van der Waals surface area contributed by atoms with Crippen LogP contribution in [0.5, 0.6) is 0 Å². The molecule has 0 aliphatic rings. The first kappa shape index (κ1) is 13.1. The molecule has 0 bridgehead atoms. The number of nitriles is 1. The Labute approximate surface area is 124 Å². The van der Waals surface area contributed by atoms with Crippen LogP contribution in [0.4, 0.5) is 5.82 Å². The second kappa shape index (κ2) is 5.23. The summed E-state index contributed by atoms with van der Waals surface area (Å²) in [5, 5.41) is 10.9. The summed E-state index contributed by atoms with van der Waals surface area (Å²) in [6.07, 6.45) is 2.31. The van der Waals surface area contributed by atoms with E-state index in [0.717, 1.165) is 11.2 Å². The molecule has 0 saturated heterocycles. The molecule has 5 nitrogen and oxygen atoms in total. The summed E-state index contributed by atoms with van der Waals surface area (Å²) < 4.78 is 5.38. The molecule has 6 heteroatoms. The zero-order valence-corrected chi connectivity index (χ0v) is 11.6. The van der Waals surface area contributed by atoms with Crippen molar-refractivity contribution in [3.05, 3.63) is 47.0 Å². The number of carbonyl (C=O) groups is 1. The highest BCUT2D eigenvalue weighted by atomic mass is 32.1. The van der Waals surface area contributed by atoms with Crippen LogP contribution >= 0.6 is 11.3 Å². The standard InChI is InChI=1S/C15H9N3O2S/c16-7-10-6-11(14-9(8-19)3-5-21-14)13(18-15(10)17)12-2-1-4-20-12/h1-6,8H,(H2,17,18). The lowest BCUT2D eigenvalue weighted by molar-refractivity contribution is 0.112. The molecule has 3 heterocycles. The van der Waals surface area contributed by atoms with Gasteiger partial charge in [-0.3, -0.25) is 4.79 Å². The van der Waals surface area contributed by atoms with Gasteiger partial charge in [0.2, 0.25) is 0 Å². The minimum Gasteiger partial charge on any atom is -0.463 e. The van der Waals surface area contributed by atoms with Crippen molar-refractivity contribution < 1.29 is 9.21 Å². The molecule has 102 valence electrons. The van der Waals surface area contributed by atoms with Crippen LogP contribution in [0.15, 0.2) is 40.3 Å². The van der Waals surface area contributed by atoms with E-state index in [9.17, 15) is 4.79 Å². The number of pyridine rings is 1. The molecule has 21 heavy (non-hydrogen) atoms. The first-order valence-corrected chi connectivity index (χ1v) is 6.90. The lowest BCUT2D eigenvalue weighted by atomic mass is 10.0. The zero-order chi connectivity index (χ0) is 14.8. The number of thiophene rings is 1. The van der Waals surface area contributed by atoms with Gasteiger partial charge in [0, 0.05) is 16.0 Å². The van der Waals surface area contributed by atoms with Crippen LogP contribution in [-0.4, -0.2) is 11.3 Å². The van der Waals surface area contributed by atoms with Gasteiger partial charge in [0.15, 0.2) is 12.0 Å². The number of carbonyl (C=O) groups excluding carboxylic acids is 1. The van der Waals surface area contributed by atoms with Gasteiger partial charge in [-0.1, -0.05) is 0 Å². The van der Waals surface area contributed by atoms with Crippen molar-refractivity contribution >= 4 is 23.4 Å². The topological polar surface area (TPSA) is 92.9 Å². The van der Waals surface area contributed by atoms with Gasteiger partial charge >= 0.3 is 0 Å². The fourth-order valence-electron chi connectivity index (χ4n) is 2.02. The molecule has 0 saturated carbocycles. The number of nitrogen functional groups attached to an aromatic ring is 1. The third kappa shape index (κ3) is 2.20. The second-order valence-corrected chi connectivity index (χ2v) is 5.15. The number of furan rings is 1. The molecule has 0 amide bonds. The van der Waals surface area contributed by atoms with Gasteiger partial charge in [0.25, 0.3) is 0 Å². The van der Waals surface area contributed by atoms with E-state index in [2.05, 4.69) is 4.98 Å². The maximum atomic E-state index is 11.2. The quantitative estimate of drug-likeness (QED) is 0.748. The van der Waals surface area contributed by atoms with E-state index >= 15 is 0 Å².